The van der Waals surface area contributed by atoms with Crippen molar-refractivity contribution in [3.8, 4) is 0 Å². The molecule has 2 aliphatic rings. The van der Waals surface area contributed by atoms with Gasteiger partial charge in [-0.05, 0) is 19.4 Å². The first kappa shape index (κ1) is 11.7. The molecule has 4 rings (SSSR count). The second-order valence-corrected chi connectivity index (χ2v) is 6.25. The molecule has 0 amide bonds. The number of nitrogens with zero attached hydrogens (tertiary/aromatic N) is 4. The van der Waals surface area contributed by atoms with Crippen molar-refractivity contribution in [2.45, 2.75) is 25.5 Å². The van der Waals surface area contributed by atoms with E-state index in [1.54, 1.807) is 11.3 Å². The van der Waals surface area contributed by atoms with Gasteiger partial charge >= 0.3 is 0 Å². The minimum absolute atomic E-state index is 0.0537. The lowest BCUT2D eigenvalue weighted by Gasteiger charge is -2.38. The number of aliphatic hydroxyl groups is 1. The Hall–Kier alpha value is -1.11. The molecule has 2 aromatic rings. The van der Waals surface area contributed by atoms with Crippen molar-refractivity contribution in [2.75, 3.05) is 31.1 Å². The zero-order valence-corrected chi connectivity index (χ0v) is 11.6. The van der Waals surface area contributed by atoms with Crippen LogP contribution in [0.5, 0.6) is 0 Å². The van der Waals surface area contributed by atoms with Crippen molar-refractivity contribution in [3.63, 3.8) is 0 Å². The van der Waals surface area contributed by atoms with E-state index in [0.29, 0.717) is 6.04 Å². The fourth-order valence-corrected chi connectivity index (χ4v) is 4.13. The molecule has 0 saturated carbocycles. The van der Waals surface area contributed by atoms with Crippen molar-refractivity contribution < 1.29 is 5.11 Å². The van der Waals surface area contributed by atoms with E-state index in [0.717, 1.165) is 36.1 Å². The normalized spacial score (nSPS) is 24.3. The fraction of sp³-hybridized carbons (Fsp3) is 0.615. The summed E-state index contributed by atoms with van der Waals surface area (Å²) in [6.45, 7) is 4.51. The Balaban J connectivity index is 1.68. The summed E-state index contributed by atoms with van der Waals surface area (Å²) in [5, 5.41) is 11.7. The van der Waals surface area contributed by atoms with Crippen LogP contribution in [0, 0.1) is 0 Å². The van der Waals surface area contributed by atoms with Crippen molar-refractivity contribution in [2.24, 2.45) is 0 Å². The van der Waals surface area contributed by atoms with E-state index in [1.807, 2.05) is 16.0 Å². The van der Waals surface area contributed by atoms with Gasteiger partial charge in [0.25, 0.3) is 0 Å². The lowest BCUT2D eigenvalue weighted by molar-refractivity contribution is 0.229. The molecule has 102 valence electrons. The van der Waals surface area contributed by atoms with Crippen LogP contribution in [0.15, 0.2) is 11.6 Å². The maximum Gasteiger partial charge on any atom is 0.195 e. The third kappa shape index (κ3) is 1.78. The summed E-state index contributed by atoms with van der Waals surface area (Å²) in [6, 6.07) is 0.681. The van der Waals surface area contributed by atoms with E-state index in [9.17, 15) is 5.11 Å². The number of hydrogen-bond acceptors (Lipinski definition) is 5. The zero-order chi connectivity index (χ0) is 12.8. The first-order valence-corrected chi connectivity index (χ1v) is 7.79. The third-order valence-corrected chi connectivity index (χ3v) is 5.13. The second kappa shape index (κ2) is 4.47. The molecule has 0 radical (unpaired) electrons. The first-order chi connectivity index (χ1) is 9.36. The zero-order valence-electron chi connectivity index (χ0n) is 10.8. The Morgan fingerprint density at radius 3 is 3.21 bits per heavy atom. The SMILES string of the molecule is OCc1c(N2CCN3CCCC3C2)nc2sccn12. The molecular formula is C13H18N4OS. The van der Waals surface area contributed by atoms with E-state index in [4.69, 9.17) is 4.98 Å². The number of anilines is 1. The van der Waals surface area contributed by atoms with Crippen LogP contribution in [-0.4, -0.2) is 51.6 Å². The molecule has 1 N–H and O–H groups in total. The quantitative estimate of drug-likeness (QED) is 0.896. The summed E-state index contributed by atoms with van der Waals surface area (Å²) >= 11 is 1.62. The van der Waals surface area contributed by atoms with E-state index < -0.39 is 0 Å². The van der Waals surface area contributed by atoms with E-state index in [-0.39, 0.29) is 6.61 Å². The largest absolute Gasteiger partial charge is 0.390 e. The van der Waals surface area contributed by atoms with Gasteiger partial charge in [-0.15, -0.1) is 11.3 Å². The van der Waals surface area contributed by atoms with Gasteiger partial charge in [-0.1, -0.05) is 0 Å². The number of fused-ring (bicyclic) bond motifs is 2. The molecule has 0 bridgehead atoms. The highest BCUT2D eigenvalue weighted by molar-refractivity contribution is 7.15. The van der Waals surface area contributed by atoms with Crippen LogP contribution in [0.2, 0.25) is 0 Å². The van der Waals surface area contributed by atoms with E-state index in [1.165, 1.54) is 19.4 Å². The predicted molar refractivity (Wildman–Crippen MR) is 75.8 cm³/mol. The van der Waals surface area contributed by atoms with Gasteiger partial charge in [-0.3, -0.25) is 9.30 Å². The molecule has 2 saturated heterocycles. The minimum atomic E-state index is 0.0537. The second-order valence-electron chi connectivity index (χ2n) is 5.37. The molecule has 6 heteroatoms. The van der Waals surface area contributed by atoms with Gasteiger partial charge in [0.05, 0.1) is 12.3 Å². The minimum Gasteiger partial charge on any atom is -0.390 e. The van der Waals surface area contributed by atoms with Crippen LogP contribution in [0.4, 0.5) is 5.82 Å². The van der Waals surface area contributed by atoms with Crippen LogP contribution in [0.1, 0.15) is 18.5 Å². The maximum absolute atomic E-state index is 9.65. The molecule has 2 aliphatic heterocycles. The summed E-state index contributed by atoms with van der Waals surface area (Å²) in [5.41, 5.74) is 0.933. The molecule has 1 unspecified atom stereocenters. The Morgan fingerprint density at radius 2 is 2.32 bits per heavy atom. The van der Waals surface area contributed by atoms with E-state index >= 15 is 0 Å². The van der Waals surface area contributed by atoms with Crippen LogP contribution in [0.25, 0.3) is 4.96 Å². The molecule has 4 heterocycles. The van der Waals surface area contributed by atoms with Gasteiger partial charge in [0.2, 0.25) is 0 Å². The van der Waals surface area contributed by atoms with Gasteiger partial charge in [-0.25, -0.2) is 4.98 Å². The molecule has 2 aromatic heterocycles. The molecule has 5 nitrogen and oxygen atoms in total. The number of piperazine rings is 1. The fourth-order valence-electron chi connectivity index (χ4n) is 3.40. The first-order valence-electron chi connectivity index (χ1n) is 6.91. The predicted octanol–water partition coefficient (Wildman–Crippen LogP) is 1.17. The van der Waals surface area contributed by atoms with Gasteiger partial charge < -0.3 is 10.0 Å². The van der Waals surface area contributed by atoms with Crippen molar-refractivity contribution in [3.05, 3.63) is 17.3 Å². The van der Waals surface area contributed by atoms with Crippen molar-refractivity contribution in [1.29, 1.82) is 0 Å². The number of hydrogen-bond donors (Lipinski definition) is 1. The van der Waals surface area contributed by atoms with Gasteiger partial charge in [0.1, 0.15) is 0 Å². The number of imidazole rings is 1. The van der Waals surface area contributed by atoms with Gasteiger partial charge in [0.15, 0.2) is 10.8 Å². The molecule has 1 atom stereocenters. The van der Waals surface area contributed by atoms with Crippen LogP contribution >= 0.6 is 11.3 Å². The van der Waals surface area contributed by atoms with Gasteiger partial charge in [0, 0.05) is 37.3 Å². The summed E-state index contributed by atoms with van der Waals surface area (Å²) in [7, 11) is 0. The molecule has 19 heavy (non-hydrogen) atoms. The van der Waals surface area contributed by atoms with Crippen LogP contribution in [0.3, 0.4) is 0 Å². The molecular weight excluding hydrogens is 260 g/mol. The monoisotopic (exact) mass is 278 g/mol. The van der Waals surface area contributed by atoms with Gasteiger partial charge in [-0.2, -0.15) is 0 Å². The maximum atomic E-state index is 9.65. The number of aromatic nitrogens is 2. The highest BCUT2D eigenvalue weighted by Gasteiger charge is 2.32. The summed E-state index contributed by atoms with van der Waals surface area (Å²) < 4.78 is 2.01. The summed E-state index contributed by atoms with van der Waals surface area (Å²) in [4.78, 5) is 10.6. The Morgan fingerprint density at radius 1 is 1.37 bits per heavy atom. The highest BCUT2D eigenvalue weighted by atomic mass is 32.1. The average molecular weight is 278 g/mol. The smallest absolute Gasteiger partial charge is 0.195 e. The Kier molecular flexibility index (Phi) is 2.75. The summed E-state index contributed by atoms with van der Waals surface area (Å²) in [5.74, 6) is 0.987. The van der Waals surface area contributed by atoms with Crippen molar-refractivity contribution >= 4 is 22.1 Å². The average Bonchev–Trinajstić information content (AvgIpc) is 3.12. The Labute approximate surface area is 116 Å². The summed E-state index contributed by atoms with van der Waals surface area (Å²) in [6.07, 6.45) is 4.62. The number of thiazole rings is 1. The molecule has 0 aliphatic carbocycles. The topological polar surface area (TPSA) is 44.0 Å². The number of aliphatic hydroxyl groups excluding tert-OH is 1. The standard InChI is InChI=1S/C13H18N4OS/c18-9-11-12(14-13-17(11)6-7-19-13)16-5-4-15-3-1-2-10(15)8-16/h6-7,10,18H,1-5,8-9H2. The Bertz CT molecular complexity index is 592. The number of rotatable bonds is 2. The molecule has 0 spiro atoms. The molecule has 2 fully saturated rings. The van der Waals surface area contributed by atoms with Crippen LogP contribution < -0.4 is 4.90 Å². The lowest BCUT2D eigenvalue weighted by Crippen LogP contribution is -2.50. The van der Waals surface area contributed by atoms with E-state index in [2.05, 4.69) is 9.80 Å². The van der Waals surface area contributed by atoms with Crippen LogP contribution in [-0.2, 0) is 6.61 Å². The molecule has 0 aromatic carbocycles. The van der Waals surface area contributed by atoms with Crippen molar-refractivity contribution in [1.82, 2.24) is 14.3 Å². The lowest BCUT2D eigenvalue weighted by atomic mass is 10.1. The third-order valence-electron chi connectivity index (χ3n) is 4.38. The highest BCUT2D eigenvalue weighted by Crippen LogP contribution is 2.29.